The lowest BCUT2D eigenvalue weighted by Crippen LogP contribution is -2.34. The molecule has 0 saturated heterocycles. The summed E-state index contributed by atoms with van der Waals surface area (Å²) in [7, 11) is 0. The number of amidine groups is 1. The van der Waals surface area contributed by atoms with Gasteiger partial charge >= 0.3 is 0 Å². The Hall–Kier alpha value is -1.45. The van der Waals surface area contributed by atoms with Gasteiger partial charge in [-0.05, 0) is 12.2 Å². The molecule has 0 atom stereocenters. The zero-order valence-corrected chi connectivity index (χ0v) is 6.40. The molecule has 11 heavy (non-hydrogen) atoms. The third-order valence-corrected chi connectivity index (χ3v) is 1.55. The van der Waals surface area contributed by atoms with Gasteiger partial charge < -0.3 is 5.21 Å². The third kappa shape index (κ3) is 1.73. The van der Waals surface area contributed by atoms with Crippen molar-refractivity contribution in [2.75, 3.05) is 6.54 Å². The number of hydrogen-bond donors (Lipinski definition) is 1. The average molecular weight is 153 g/mol. The zero-order chi connectivity index (χ0) is 8.27. The Morgan fingerprint density at radius 1 is 1.64 bits per heavy atom. The van der Waals surface area contributed by atoms with E-state index in [0.717, 1.165) is 0 Å². The van der Waals surface area contributed by atoms with Gasteiger partial charge in [-0.25, -0.2) is 4.90 Å². The monoisotopic (exact) mass is 153 g/mol. The number of nitrogens with zero attached hydrogens (tertiary/aromatic N) is 2. The Morgan fingerprint density at radius 2 is 2.36 bits per heavy atom. The maximum atomic E-state index is 10.6. The molecule has 0 aromatic carbocycles. The molecule has 1 aliphatic rings. The fourth-order valence-electron chi connectivity index (χ4n) is 0.834. The number of hydrazine groups is 1. The van der Waals surface area contributed by atoms with Crippen LogP contribution >= 0.6 is 0 Å². The predicted octanol–water partition coefficient (Wildman–Crippen LogP) is 0.174. The molecule has 0 spiro atoms. The first-order valence-electron chi connectivity index (χ1n) is 3.37. The normalized spacial score (nSPS) is 18.5. The van der Waals surface area contributed by atoms with Crippen LogP contribution in [0.15, 0.2) is 24.4 Å². The molecule has 0 saturated carbocycles. The van der Waals surface area contributed by atoms with E-state index in [1.165, 1.54) is 0 Å². The van der Waals surface area contributed by atoms with Crippen molar-refractivity contribution in [2.45, 2.75) is 6.92 Å². The van der Waals surface area contributed by atoms with Crippen LogP contribution in [-0.2, 0) is 0 Å². The summed E-state index contributed by atoms with van der Waals surface area (Å²) >= 11 is 0. The zero-order valence-electron chi connectivity index (χ0n) is 6.40. The first-order chi connectivity index (χ1) is 5.22. The fourth-order valence-corrected chi connectivity index (χ4v) is 0.834. The Morgan fingerprint density at radius 3 is 2.82 bits per heavy atom. The lowest BCUT2D eigenvalue weighted by Gasteiger charge is -2.15. The van der Waals surface area contributed by atoms with E-state index in [0.29, 0.717) is 17.2 Å². The highest BCUT2D eigenvalue weighted by atomic mass is 16.5. The van der Waals surface area contributed by atoms with Crippen molar-refractivity contribution in [3.05, 3.63) is 29.6 Å². The maximum absolute atomic E-state index is 10.6. The lowest BCUT2D eigenvalue weighted by atomic mass is 10.3. The molecule has 0 unspecified atom stereocenters. The number of allylic oxidation sites excluding steroid dienone is 2. The quantitative estimate of drug-likeness (QED) is 0.135. The summed E-state index contributed by atoms with van der Waals surface area (Å²) in [6.07, 6.45) is 7.55. The topological polar surface area (TPSA) is 55.3 Å². The van der Waals surface area contributed by atoms with Gasteiger partial charge in [0.15, 0.2) is 0 Å². The standard InChI is InChI=1S/C7H11N3O/c1-7(10(8)11)9-5-3-2-4-6-9/h2-5H,6,8H2,1H3/b10-7-. The van der Waals surface area contributed by atoms with Crippen LogP contribution in [-0.4, -0.2) is 22.1 Å². The van der Waals surface area contributed by atoms with E-state index >= 15 is 0 Å². The van der Waals surface area contributed by atoms with Gasteiger partial charge in [-0.3, -0.25) is 5.84 Å². The number of rotatable bonds is 0. The van der Waals surface area contributed by atoms with Crippen LogP contribution in [0, 0.1) is 5.21 Å². The molecule has 0 aliphatic carbocycles. The number of nitrogens with two attached hydrogens (primary N) is 1. The van der Waals surface area contributed by atoms with Crippen LogP contribution in [0.5, 0.6) is 0 Å². The van der Waals surface area contributed by atoms with Gasteiger partial charge in [0.25, 0.3) is 5.84 Å². The lowest BCUT2D eigenvalue weighted by molar-refractivity contribution is -0.474. The smallest absolute Gasteiger partial charge is 0.275 e. The molecule has 0 fully saturated rings. The minimum atomic E-state index is 0.365. The van der Waals surface area contributed by atoms with E-state index in [1.54, 1.807) is 11.8 Å². The summed E-state index contributed by atoms with van der Waals surface area (Å²) in [5.74, 6) is 5.50. The van der Waals surface area contributed by atoms with E-state index in [2.05, 4.69) is 0 Å². The molecule has 4 nitrogen and oxygen atoms in total. The Kier molecular flexibility index (Phi) is 2.15. The van der Waals surface area contributed by atoms with Crippen LogP contribution in [0.4, 0.5) is 0 Å². The largest absolute Gasteiger partial charge is 0.693 e. The molecule has 1 heterocycles. The summed E-state index contributed by atoms with van der Waals surface area (Å²) in [6, 6.07) is 0. The van der Waals surface area contributed by atoms with Crippen LogP contribution in [0.25, 0.3) is 0 Å². The summed E-state index contributed by atoms with van der Waals surface area (Å²) < 4.78 is 0. The van der Waals surface area contributed by atoms with E-state index in [9.17, 15) is 5.21 Å². The molecule has 4 heteroatoms. The van der Waals surface area contributed by atoms with Crippen LogP contribution < -0.4 is 5.84 Å². The van der Waals surface area contributed by atoms with Gasteiger partial charge in [-0.1, -0.05) is 6.08 Å². The fraction of sp³-hybridized carbons (Fsp3) is 0.286. The molecule has 0 aromatic heterocycles. The Labute approximate surface area is 65.5 Å². The summed E-state index contributed by atoms with van der Waals surface area (Å²) in [5, 5.41) is 10.6. The summed E-state index contributed by atoms with van der Waals surface area (Å²) in [4.78, 5) is 2.14. The summed E-state index contributed by atoms with van der Waals surface area (Å²) in [5.41, 5.74) is 0. The highest BCUT2D eigenvalue weighted by Gasteiger charge is 2.11. The van der Waals surface area contributed by atoms with Crippen molar-refractivity contribution >= 4 is 5.84 Å². The van der Waals surface area contributed by atoms with Crippen LogP contribution in [0.1, 0.15) is 6.92 Å². The van der Waals surface area contributed by atoms with E-state index in [1.807, 2.05) is 24.4 Å². The molecule has 0 aromatic rings. The van der Waals surface area contributed by atoms with Crippen molar-refractivity contribution < 1.29 is 4.85 Å². The number of hydrazone groups is 1. The molecular weight excluding hydrogens is 142 g/mol. The van der Waals surface area contributed by atoms with Crippen molar-refractivity contribution in [1.82, 2.24) is 4.90 Å². The second-order valence-electron chi connectivity index (χ2n) is 2.30. The van der Waals surface area contributed by atoms with Crippen molar-refractivity contribution in [2.24, 2.45) is 5.84 Å². The Balaban J connectivity index is 2.70. The van der Waals surface area contributed by atoms with Gasteiger partial charge in [0.2, 0.25) is 0 Å². The van der Waals surface area contributed by atoms with E-state index in [-0.39, 0.29) is 0 Å². The molecule has 0 bridgehead atoms. The minimum Gasteiger partial charge on any atom is -0.693 e. The van der Waals surface area contributed by atoms with Gasteiger partial charge in [0.05, 0.1) is 6.20 Å². The first-order valence-corrected chi connectivity index (χ1v) is 3.37. The van der Waals surface area contributed by atoms with E-state index in [4.69, 9.17) is 5.84 Å². The minimum absolute atomic E-state index is 0.365. The number of hydrogen-bond acceptors (Lipinski definition) is 2. The molecule has 1 aliphatic heterocycles. The molecular formula is C7H11N3O. The van der Waals surface area contributed by atoms with Crippen molar-refractivity contribution in [1.29, 1.82) is 0 Å². The second-order valence-corrected chi connectivity index (χ2v) is 2.30. The molecule has 0 amide bonds. The highest BCUT2D eigenvalue weighted by Crippen LogP contribution is 1.98. The predicted molar refractivity (Wildman–Crippen MR) is 43.5 cm³/mol. The Bertz CT molecular complexity index is 226. The van der Waals surface area contributed by atoms with Crippen molar-refractivity contribution in [3.8, 4) is 0 Å². The van der Waals surface area contributed by atoms with Gasteiger partial charge in [-0.2, -0.15) is 4.85 Å². The molecule has 0 radical (unpaired) electrons. The van der Waals surface area contributed by atoms with Gasteiger partial charge in [0, 0.05) is 6.92 Å². The second kappa shape index (κ2) is 3.09. The molecule has 60 valence electrons. The van der Waals surface area contributed by atoms with Gasteiger partial charge in [0.1, 0.15) is 6.54 Å². The van der Waals surface area contributed by atoms with E-state index < -0.39 is 0 Å². The van der Waals surface area contributed by atoms with Crippen LogP contribution in [0.3, 0.4) is 0 Å². The molecule has 2 N–H and O–H groups in total. The first kappa shape index (κ1) is 7.65. The van der Waals surface area contributed by atoms with Gasteiger partial charge in [-0.15, -0.1) is 0 Å². The van der Waals surface area contributed by atoms with Crippen molar-refractivity contribution in [3.63, 3.8) is 0 Å². The SMILES string of the molecule is C/C(N1C=CC=CC1)=[N+](\N)[O-]. The highest BCUT2D eigenvalue weighted by molar-refractivity contribution is 5.76. The van der Waals surface area contributed by atoms with Crippen LogP contribution in [0.2, 0.25) is 0 Å². The third-order valence-electron chi connectivity index (χ3n) is 1.55. The summed E-state index contributed by atoms with van der Waals surface area (Å²) in [6.45, 7) is 2.38. The average Bonchev–Trinajstić information content (AvgIpc) is 2.05. The molecule has 1 rings (SSSR count). The maximum Gasteiger partial charge on any atom is 0.275 e.